The summed E-state index contributed by atoms with van der Waals surface area (Å²) in [4.78, 5) is 10.4. The fourth-order valence-electron chi connectivity index (χ4n) is 1.24. The topological polar surface area (TPSA) is 105 Å². The molecule has 6 nitrogen and oxygen atoms in total. The minimum absolute atomic E-state index is 0.0241. The first kappa shape index (κ1) is 13.3. The van der Waals surface area contributed by atoms with E-state index in [-0.39, 0.29) is 18.1 Å². The quantitative estimate of drug-likeness (QED) is 0.489. The van der Waals surface area contributed by atoms with Gasteiger partial charge >= 0.3 is 0 Å². The predicted molar refractivity (Wildman–Crippen MR) is 61.5 cm³/mol. The van der Waals surface area contributed by atoms with Crippen molar-refractivity contribution in [2.75, 3.05) is 19.8 Å². The van der Waals surface area contributed by atoms with Gasteiger partial charge < -0.3 is 26.0 Å². The molecule has 5 N–H and O–H groups in total. The van der Waals surface area contributed by atoms with Crippen molar-refractivity contribution in [2.24, 2.45) is 5.73 Å². The van der Waals surface area contributed by atoms with Crippen LogP contribution in [0.15, 0.2) is 18.2 Å². The van der Waals surface area contributed by atoms with Crippen molar-refractivity contribution in [2.45, 2.75) is 6.54 Å². The van der Waals surface area contributed by atoms with Crippen LogP contribution in [0.5, 0.6) is 11.5 Å². The van der Waals surface area contributed by atoms with Crippen molar-refractivity contribution in [1.29, 1.82) is 0 Å². The summed E-state index contributed by atoms with van der Waals surface area (Å²) in [5.74, 6) is -0.437. The molecule has 17 heavy (non-hydrogen) atoms. The Morgan fingerprint density at radius 3 is 2.82 bits per heavy atom. The van der Waals surface area contributed by atoms with E-state index < -0.39 is 5.91 Å². The van der Waals surface area contributed by atoms with Crippen molar-refractivity contribution in [3.63, 3.8) is 0 Å². The van der Waals surface area contributed by atoms with Gasteiger partial charge in [0.2, 0.25) is 5.91 Å². The third-order valence-electron chi connectivity index (χ3n) is 2.05. The van der Waals surface area contributed by atoms with E-state index in [2.05, 4.69) is 5.32 Å². The number of phenols is 2. The highest BCUT2D eigenvalue weighted by atomic mass is 16.5. The zero-order chi connectivity index (χ0) is 12.7. The Kier molecular flexibility index (Phi) is 5.25. The number of nitrogens with one attached hydrogen (secondary N) is 1. The van der Waals surface area contributed by atoms with Gasteiger partial charge in [-0.3, -0.25) is 4.79 Å². The number of primary amides is 1. The van der Waals surface area contributed by atoms with E-state index in [1.165, 1.54) is 12.1 Å². The van der Waals surface area contributed by atoms with Gasteiger partial charge in [0, 0.05) is 24.7 Å². The lowest BCUT2D eigenvalue weighted by Gasteiger charge is -2.07. The number of ether oxygens (including phenoxy) is 1. The molecule has 0 aliphatic rings. The molecule has 0 atom stereocenters. The molecule has 0 saturated heterocycles. The van der Waals surface area contributed by atoms with Gasteiger partial charge in [0.05, 0.1) is 6.61 Å². The lowest BCUT2D eigenvalue weighted by molar-refractivity contribution is -0.122. The highest BCUT2D eigenvalue weighted by molar-refractivity contribution is 5.74. The normalized spacial score (nSPS) is 10.4. The first-order valence-corrected chi connectivity index (χ1v) is 5.17. The molecular formula is C11H16N2O4. The molecule has 94 valence electrons. The molecule has 0 bridgehead atoms. The predicted octanol–water partition coefficient (Wildman–Crippen LogP) is -0.311. The molecule has 0 unspecified atom stereocenters. The second-order valence-electron chi connectivity index (χ2n) is 3.51. The molecule has 0 aromatic heterocycles. The third-order valence-corrected chi connectivity index (χ3v) is 2.05. The Balaban J connectivity index is 2.20. The van der Waals surface area contributed by atoms with E-state index in [1.807, 2.05) is 0 Å². The molecule has 0 aliphatic carbocycles. The first-order chi connectivity index (χ1) is 8.09. The summed E-state index contributed by atoms with van der Waals surface area (Å²) in [6.45, 7) is 1.26. The van der Waals surface area contributed by atoms with Crippen LogP contribution in [0.3, 0.4) is 0 Å². The monoisotopic (exact) mass is 240 g/mol. The number of benzene rings is 1. The maximum Gasteiger partial charge on any atom is 0.243 e. The average Bonchev–Trinajstić information content (AvgIpc) is 2.25. The van der Waals surface area contributed by atoms with Crippen LogP contribution >= 0.6 is 0 Å². The minimum Gasteiger partial charge on any atom is -0.508 e. The van der Waals surface area contributed by atoms with Gasteiger partial charge in [-0.25, -0.2) is 0 Å². The van der Waals surface area contributed by atoms with Crippen molar-refractivity contribution in [3.8, 4) is 11.5 Å². The maximum absolute atomic E-state index is 10.4. The van der Waals surface area contributed by atoms with E-state index in [9.17, 15) is 9.90 Å². The van der Waals surface area contributed by atoms with Crippen LogP contribution in [0.4, 0.5) is 0 Å². The van der Waals surface area contributed by atoms with E-state index in [0.717, 1.165) is 0 Å². The minimum atomic E-state index is -0.499. The summed E-state index contributed by atoms with van der Waals surface area (Å²) in [6.07, 6.45) is 0. The maximum atomic E-state index is 10.4. The Morgan fingerprint density at radius 1 is 1.41 bits per heavy atom. The first-order valence-electron chi connectivity index (χ1n) is 5.17. The summed E-state index contributed by atoms with van der Waals surface area (Å²) < 4.78 is 4.94. The van der Waals surface area contributed by atoms with Crippen molar-refractivity contribution in [3.05, 3.63) is 23.8 Å². The van der Waals surface area contributed by atoms with Crippen LogP contribution in [-0.2, 0) is 16.1 Å². The van der Waals surface area contributed by atoms with Crippen LogP contribution in [0.25, 0.3) is 0 Å². The number of carbonyl (C=O) groups is 1. The number of hydrogen-bond donors (Lipinski definition) is 4. The van der Waals surface area contributed by atoms with Gasteiger partial charge in [-0.1, -0.05) is 6.07 Å². The summed E-state index contributed by atoms with van der Waals surface area (Å²) in [5, 5.41) is 21.6. The number of amides is 1. The zero-order valence-corrected chi connectivity index (χ0v) is 9.35. The molecular weight excluding hydrogens is 224 g/mol. The summed E-state index contributed by atoms with van der Waals surface area (Å²) >= 11 is 0. The largest absolute Gasteiger partial charge is 0.508 e. The van der Waals surface area contributed by atoms with Gasteiger partial charge in [0.25, 0.3) is 0 Å². The fraction of sp³-hybridized carbons (Fsp3) is 0.364. The van der Waals surface area contributed by atoms with Gasteiger partial charge in [-0.05, 0) is 6.07 Å². The van der Waals surface area contributed by atoms with Crippen LogP contribution < -0.4 is 11.1 Å². The van der Waals surface area contributed by atoms with Crippen LogP contribution in [-0.4, -0.2) is 35.9 Å². The summed E-state index contributed by atoms with van der Waals surface area (Å²) in [7, 11) is 0. The number of hydrogen-bond acceptors (Lipinski definition) is 5. The van der Waals surface area contributed by atoms with Crippen LogP contribution in [0.1, 0.15) is 5.56 Å². The Labute approximate surface area is 99.0 Å². The fourth-order valence-corrected chi connectivity index (χ4v) is 1.24. The smallest absolute Gasteiger partial charge is 0.243 e. The zero-order valence-electron chi connectivity index (χ0n) is 9.35. The molecule has 0 radical (unpaired) electrons. The summed E-state index contributed by atoms with van der Waals surface area (Å²) in [5.41, 5.74) is 5.57. The molecule has 0 aliphatic heterocycles. The molecule has 0 saturated carbocycles. The number of carbonyl (C=O) groups excluding carboxylic acids is 1. The van der Waals surface area contributed by atoms with Gasteiger partial charge in [0.1, 0.15) is 18.1 Å². The number of aromatic hydroxyl groups is 2. The molecule has 0 heterocycles. The second-order valence-corrected chi connectivity index (χ2v) is 3.51. The molecule has 1 rings (SSSR count). The standard InChI is InChI=1S/C11H16N2O4/c12-11(16)7-17-4-3-13-6-8-1-2-9(14)5-10(8)15/h1-2,5,13-15H,3-4,6-7H2,(H2,12,16). The van der Waals surface area contributed by atoms with Crippen molar-refractivity contribution >= 4 is 5.91 Å². The Hall–Kier alpha value is -1.79. The number of rotatable bonds is 7. The second kappa shape index (κ2) is 6.72. The SMILES string of the molecule is NC(=O)COCCNCc1ccc(O)cc1O. The highest BCUT2D eigenvalue weighted by Gasteiger charge is 2.01. The Bertz CT molecular complexity index is 382. The van der Waals surface area contributed by atoms with Crippen LogP contribution in [0.2, 0.25) is 0 Å². The van der Waals surface area contributed by atoms with Gasteiger partial charge in [-0.2, -0.15) is 0 Å². The van der Waals surface area contributed by atoms with E-state index >= 15 is 0 Å². The molecule has 0 fully saturated rings. The third kappa shape index (κ3) is 5.19. The van der Waals surface area contributed by atoms with Crippen molar-refractivity contribution < 1.29 is 19.7 Å². The molecule has 6 heteroatoms. The lowest BCUT2D eigenvalue weighted by Crippen LogP contribution is -2.23. The number of nitrogens with two attached hydrogens (primary N) is 1. The molecule has 1 aromatic rings. The van der Waals surface area contributed by atoms with E-state index in [0.29, 0.717) is 25.3 Å². The molecule has 1 amide bonds. The van der Waals surface area contributed by atoms with E-state index in [1.54, 1.807) is 6.07 Å². The number of phenolic OH excluding ortho intramolecular Hbond substituents is 2. The van der Waals surface area contributed by atoms with E-state index in [4.69, 9.17) is 15.6 Å². The van der Waals surface area contributed by atoms with Crippen molar-refractivity contribution in [1.82, 2.24) is 5.32 Å². The average molecular weight is 240 g/mol. The molecule has 0 spiro atoms. The molecule has 1 aromatic carbocycles. The van der Waals surface area contributed by atoms with Crippen LogP contribution in [0, 0.1) is 0 Å². The lowest BCUT2D eigenvalue weighted by atomic mass is 10.2. The Morgan fingerprint density at radius 2 is 2.18 bits per heavy atom. The van der Waals surface area contributed by atoms with Gasteiger partial charge in [0.15, 0.2) is 0 Å². The van der Waals surface area contributed by atoms with Gasteiger partial charge in [-0.15, -0.1) is 0 Å². The summed E-state index contributed by atoms with van der Waals surface area (Å²) in [6, 6.07) is 4.41. The highest BCUT2D eigenvalue weighted by Crippen LogP contribution is 2.21.